The van der Waals surface area contributed by atoms with Gasteiger partial charge in [-0.25, -0.2) is 9.78 Å². The molecule has 1 saturated heterocycles. The highest BCUT2D eigenvalue weighted by atomic mass is 32.1. The average molecular weight is 489 g/mol. The minimum Gasteiger partial charge on any atom is -0.465 e. The molecule has 184 valence electrons. The molecule has 1 aromatic carbocycles. The number of aliphatic hydroxyl groups is 1. The van der Waals surface area contributed by atoms with E-state index >= 15 is 0 Å². The van der Waals surface area contributed by atoms with Gasteiger partial charge in [0.05, 0.1) is 27.6 Å². The first-order valence-electron chi connectivity index (χ1n) is 11.3. The number of thiazole rings is 1. The maximum absolute atomic E-state index is 13.2. The van der Waals surface area contributed by atoms with E-state index in [2.05, 4.69) is 15.6 Å². The van der Waals surface area contributed by atoms with Gasteiger partial charge in [0, 0.05) is 25.6 Å². The second-order valence-electron chi connectivity index (χ2n) is 9.26. The Morgan fingerprint density at radius 3 is 2.53 bits per heavy atom. The SMILES string of the molecule is Cc1ncsc1-c1ccc(CCNC(=O)[C@@H]2C[C@H](O)CN2C(=O)C(C)(C)[C@H](C)NC(=O)O)cc1. The predicted octanol–water partition coefficient (Wildman–Crippen LogP) is 2.42. The Balaban J connectivity index is 1.58. The summed E-state index contributed by atoms with van der Waals surface area (Å²) >= 11 is 1.60. The van der Waals surface area contributed by atoms with Crippen molar-refractivity contribution in [2.75, 3.05) is 13.1 Å². The van der Waals surface area contributed by atoms with Crippen LogP contribution in [-0.2, 0) is 16.0 Å². The van der Waals surface area contributed by atoms with Crippen molar-refractivity contribution < 1.29 is 24.6 Å². The summed E-state index contributed by atoms with van der Waals surface area (Å²) in [7, 11) is 0. The van der Waals surface area contributed by atoms with Crippen LogP contribution >= 0.6 is 11.3 Å². The molecule has 0 unspecified atom stereocenters. The highest BCUT2D eigenvalue weighted by molar-refractivity contribution is 7.13. The van der Waals surface area contributed by atoms with Crippen LogP contribution in [0.15, 0.2) is 29.8 Å². The second kappa shape index (κ2) is 10.5. The third kappa shape index (κ3) is 5.74. The monoisotopic (exact) mass is 488 g/mol. The van der Waals surface area contributed by atoms with Crippen LogP contribution in [0.2, 0.25) is 0 Å². The summed E-state index contributed by atoms with van der Waals surface area (Å²) < 4.78 is 0. The zero-order chi connectivity index (χ0) is 25.0. The van der Waals surface area contributed by atoms with Crippen molar-refractivity contribution in [3.63, 3.8) is 0 Å². The number of nitrogens with zero attached hydrogens (tertiary/aromatic N) is 2. The van der Waals surface area contributed by atoms with E-state index in [0.717, 1.165) is 21.7 Å². The lowest BCUT2D eigenvalue weighted by Crippen LogP contribution is -2.55. The van der Waals surface area contributed by atoms with E-state index in [9.17, 15) is 19.5 Å². The highest BCUT2D eigenvalue weighted by Crippen LogP contribution is 2.30. The van der Waals surface area contributed by atoms with Crippen LogP contribution < -0.4 is 10.6 Å². The lowest BCUT2D eigenvalue weighted by molar-refractivity contribution is -0.146. The van der Waals surface area contributed by atoms with E-state index in [4.69, 9.17) is 5.11 Å². The Kier molecular flexibility index (Phi) is 7.93. The average Bonchev–Trinajstić information content (AvgIpc) is 3.38. The number of aryl methyl sites for hydroxylation is 1. The molecule has 1 fully saturated rings. The highest BCUT2D eigenvalue weighted by Gasteiger charge is 2.46. The summed E-state index contributed by atoms with van der Waals surface area (Å²) in [5.74, 6) is -0.698. The predicted molar refractivity (Wildman–Crippen MR) is 130 cm³/mol. The largest absolute Gasteiger partial charge is 0.465 e. The Morgan fingerprint density at radius 2 is 1.94 bits per heavy atom. The van der Waals surface area contributed by atoms with Crippen molar-refractivity contribution in [1.29, 1.82) is 0 Å². The molecule has 0 spiro atoms. The lowest BCUT2D eigenvalue weighted by Gasteiger charge is -2.36. The molecule has 0 bridgehead atoms. The minimum absolute atomic E-state index is 0.0403. The number of carbonyl (C=O) groups is 3. The van der Waals surface area contributed by atoms with E-state index in [1.54, 1.807) is 32.1 Å². The van der Waals surface area contributed by atoms with Gasteiger partial charge in [-0.2, -0.15) is 0 Å². The van der Waals surface area contributed by atoms with Crippen LogP contribution in [0.1, 0.15) is 38.4 Å². The lowest BCUT2D eigenvalue weighted by atomic mass is 9.83. The van der Waals surface area contributed by atoms with Gasteiger partial charge >= 0.3 is 6.09 Å². The first-order valence-corrected chi connectivity index (χ1v) is 12.1. The van der Waals surface area contributed by atoms with Gasteiger partial charge in [0.2, 0.25) is 11.8 Å². The van der Waals surface area contributed by atoms with Gasteiger partial charge in [-0.05, 0) is 45.2 Å². The van der Waals surface area contributed by atoms with E-state index in [1.165, 1.54) is 4.90 Å². The molecule has 2 heterocycles. The van der Waals surface area contributed by atoms with Gasteiger partial charge in [0.1, 0.15) is 6.04 Å². The summed E-state index contributed by atoms with van der Waals surface area (Å²) in [5, 5.41) is 24.4. The zero-order valence-corrected chi connectivity index (χ0v) is 20.7. The van der Waals surface area contributed by atoms with E-state index in [0.29, 0.717) is 13.0 Å². The summed E-state index contributed by atoms with van der Waals surface area (Å²) in [6.07, 6.45) is -1.25. The molecular weight excluding hydrogens is 456 g/mol. The summed E-state index contributed by atoms with van der Waals surface area (Å²) in [6, 6.07) is 6.66. The molecule has 1 aromatic heterocycles. The summed E-state index contributed by atoms with van der Waals surface area (Å²) in [6.45, 7) is 7.29. The number of likely N-dealkylation sites (tertiary alicyclic amines) is 1. The minimum atomic E-state index is -1.22. The van der Waals surface area contributed by atoms with Crippen LogP contribution in [0.25, 0.3) is 10.4 Å². The number of rotatable bonds is 8. The number of hydrogen-bond acceptors (Lipinski definition) is 6. The van der Waals surface area contributed by atoms with Crippen LogP contribution in [0.5, 0.6) is 0 Å². The van der Waals surface area contributed by atoms with E-state index in [1.807, 2.05) is 36.7 Å². The van der Waals surface area contributed by atoms with Gasteiger partial charge < -0.3 is 25.7 Å². The number of β-amino-alcohol motifs (C(OH)–C–C–N with tert-alkyl or cyclic N) is 1. The summed E-state index contributed by atoms with van der Waals surface area (Å²) in [4.78, 5) is 43.9. The molecule has 0 saturated carbocycles. The Labute approximate surface area is 203 Å². The molecule has 2 aromatic rings. The van der Waals surface area contributed by atoms with Crippen molar-refractivity contribution >= 4 is 29.2 Å². The van der Waals surface area contributed by atoms with Gasteiger partial charge in [-0.1, -0.05) is 24.3 Å². The van der Waals surface area contributed by atoms with Crippen molar-refractivity contribution in [2.24, 2.45) is 5.41 Å². The Morgan fingerprint density at radius 1 is 1.26 bits per heavy atom. The van der Waals surface area contributed by atoms with Crippen molar-refractivity contribution in [3.8, 4) is 10.4 Å². The Hall–Kier alpha value is -2.98. The van der Waals surface area contributed by atoms with Crippen LogP contribution in [-0.4, -0.2) is 69.3 Å². The van der Waals surface area contributed by atoms with E-state index < -0.39 is 29.7 Å². The van der Waals surface area contributed by atoms with Gasteiger partial charge in [0.15, 0.2) is 0 Å². The van der Waals surface area contributed by atoms with Crippen molar-refractivity contribution in [2.45, 2.75) is 58.7 Å². The molecule has 3 rings (SSSR count). The number of benzene rings is 1. The summed E-state index contributed by atoms with van der Waals surface area (Å²) in [5.41, 5.74) is 3.92. The van der Waals surface area contributed by atoms with E-state index in [-0.39, 0.29) is 24.8 Å². The Bertz CT molecular complexity index is 1040. The number of hydrogen-bond donors (Lipinski definition) is 4. The second-order valence-corrected chi connectivity index (χ2v) is 10.1. The normalized spacial score (nSPS) is 19.0. The van der Waals surface area contributed by atoms with Crippen molar-refractivity contribution in [3.05, 3.63) is 41.0 Å². The molecule has 0 aliphatic carbocycles. The number of aliphatic hydroxyl groups excluding tert-OH is 1. The van der Waals surface area contributed by atoms with Crippen LogP contribution in [0, 0.1) is 12.3 Å². The van der Waals surface area contributed by atoms with Gasteiger partial charge in [-0.3, -0.25) is 9.59 Å². The molecule has 1 aliphatic heterocycles. The molecule has 10 heteroatoms. The fraction of sp³-hybridized carbons (Fsp3) is 0.500. The number of carboxylic acid groups (broad SMARTS) is 1. The standard InChI is InChI=1S/C24H32N4O5S/c1-14-20(34-13-26-14)17-7-5-16(6-8-17)9-10-25-21(30)19-11-18(29)12-28(19)22(31)24(3,4)15(2)27-23(32)33/h5-8,13,15,18-19,27,29H,9-12H2,1-4H3,(H,25,30)(H,32,33)/t15-,18-,19-/m0/s1. The number of aromatic nitrogens is 1. The molecule has 9 nitrogen and oxygen atoms in total. The van der Waals surface area contributed by atoms with Crippen LogP contribution in [0.3, 0.4) is 0 Å². The molecule has 34 heavy (non-hydrogen) atoms. The van der Waals surface area contributed by atoms with Gasteiger partial charge in [-0.15, -0.1) is 11.3 Å². The fourth-order valence-electron chi connectivity index (χ4n) is 4.06. The molecule has 4 N–H and O–H groups in total. The zero-order valence-electron chi connectivity index (χ0n) is 19.9. The molecule has 1 aliphatic rings. The van der Waals surface area contributed by atoms with Gasteiger partial charge in [0.25, 0.3) is 0 Å². The maximum atomic E-state index is 13.2. The topological polar surface area (TPSA) is 132 Å². The smallest absolute Gasteiger partial charge is 0.404 e. The number of nitrogens with one attached hydrogen (secondary N) is 2. The quantitative estimate of drug-likeness (QED) is 0.451. The first kappa shape index (κ1) is 25.6. The molecule has 0 radical (unpaired) electrons. The third-order valence-electron chi connectivity index (χ3n) is 6.49. The fourth-order valence-corrected chi connectivity index (χ4v) is 4.87. The number of carbonyl (C=O) groups excluding carboxylic acids is 2. The van der Waals surface area contributed by atoms with Crippen LogP contribution in [0.4, 0.5) is 4.79 Å². The molecule has 3 amide bonds. The third-order valence-corrected chi connectivity index (χ3v) is 7.47. The maximum Gasteiger partial charge on any atom is 0.404 e. The first-order chi connectivity index (χ1) is 16.0. The molecular formula is C24H32N4O5S. The molecule has 3 atom stereocenters. The van der Waals surface area contributed by atoms with Crippen molar-refractivity contribution in [1.82, 2.24) is 20.5 Å². The number of amides is 3.